The fraction of sp³-hybridized carbons (Fsp3) is 0.615. The maximum atomic E-state index is 12.0. The molecule has 1 aromatic heterocycles. The quantitative estimate of drug-likeness (QED) is 0.862. The summed E-state index contributed by atoms with van der Waals surface area (Å²) in [5.41, 5.74) is 0. The van der Waals surface area contributed by atoms with Gasteiger partial charge in [-0.3, -0.25) is 4.79 Å². The molecular weight excluding hydrogens is 232 g/mol. The van der Waals surface area contributed by atoms with E-state index < -0.39 is 0 Å². The molecule has 17 heavy (non-hydrogen) atoms. The molecule has 0 atom stereocenters. The van der Waals surface area contributed by atoms with Crippen LogP contribution in [0.2, 0.25) is 0 Å². The topological polar surface area (TPSA) is 41.1 Å². The van der Waals surface area contributed by atoms with Gasteiger partial charge in [0, 0.05) is 16.8 Å². The molecule has 1 amide bonds. The van der Waals surface area contributed by atoms with Gasteiger partial charge in [0.1, 0.15) is 0 Å². The zero-order valence-electron chi connectivity index (χ0n) is 10.2. The Hall–Kier alpha value is -0.870. The fourth-order valence-corrected chi connectivity index (χ4v) is 3.02. The van der Waals surface area contributed by atoms with Crippen LogP contribution in [-0.4, -0.2) is 19.0 Å². The SMILES string of the molecule is CNC1CCC(C(=O)NCc2cccs2)CC1. The second-order valence-corrected chi connectivity index (χ2v) is 5.67. The summed E-state index contributed by atoms with van der Waals surface area (Å²) in [4.78, 5) is 13.2. The third-order valence-corrected chi connectivity index (χ3v) is 4.40. The van der Waals surface area contributed by atoms with Gasteiger partial charge in [-0.05, 0) is 44.2 Å². The minimum absolute atomic E-state index is 0.222. The average molecular weight is 252 g/mol. The third kappa shape index (κ3) is 3.54. The standard InChI is InChI=1S/C13H20N2OS/c1-14-11-6-4-10(5-7-11)13(16)15-9-12-3-2-8-17-12/h2-3,8,10-11,14H,4-7,9H2,1H3,(H,15,16). The molecule has 1 heterocycles. The maximum Gasteiger partial charge on any atom is 0.223 e. The molecule has 0 saturated heterocycles. The van der Waals surface area contributed by atoms with Crippen LogP contribution >= 0.6 is 11.3 Å². The molecule has 0 bridgehead atoms. The lowest BCUT2D eigenvalue weighted by atomic mass is 9.85. The van der Waals surface area contributed by atoms with Gasteiger partial charge < -0.3 is 10.6 Å². The van der Waals surface area contributed by atoms with Crippen molar-refractivity contribution in [2.24, 2.45) is 5.92 Å². The summed E-state index contributed by atoms with van der Waals surface area (Å²) in [5.74, 6) is 0.451. The van der Waals surface area contributed by atoms with Crippen LogP contribution < -0.4 is 10.6 Å². The predicted molar refractivity (Wildman–Crippen MR) is 71.0 cm³/mol. The molecule has 4 heteroatoms. The summed E-state index contributed by atoms with van der Waals surface area (Å²) in [7, 11) is 2.00. The van der Waals surface area contributed by atoms with Gasteiger partial charge in [0.05, 0.1) is 6.54 Å². The van der Waals surface area contributed by atoms with Crippen LogP contribution in [-0.2, 0) is 11.3 Å². The zero-order chi connectivity index (χ0) is 12.1. The Kier molecular flexibility index (Phi) is 4.57. The van der Waals surface area contributed by atoms with Gasteiger partial charge in [-0.15, -0.1) is 11.3 Å². The van der Waals surface area contributed by atoms with Gasteiger partial charge in [0.25, 0.3) is 0 Å². The van der Waals surface area contributed by atoms with E-state index in [1.54, 1.807) is 11.3 Å². The van der Waals surface area contributed by atoms with Crippen molar-refractivity contribution in [3.8, 4) is 0 Å². The molecule has 1 fully saturated rings. The smallest absolute Gasteiger partial charge is 0.223 e. The Balaban J connectivity index is 1.73. The second-order valence-electron chi connectivity index (χ2n) is 4.63. The monoisotopic (exact) mass is 252 g/mol. The van der Waals surface area contributed by atoms with E-state index in [-0.39, 0.29) is 11.8 Å². The van der Waals surface area contributed by atoms with Crippen molar-refractivity contribution in [3.63, 3.8) is 0 Å². The number of rotatable bonds is 4. The van der Waals surface area contributed by atoms with Gasteiger partial charge >= 0.3 is 0 Å². The Bertz CT molecular complexity index is 342. The molecule has 0 radical (unpaired) electrons. The molecule has 1 aromatic rings. The van der Waals surface area contributed by atoms with E-state index in [4.69, 9.17) is 0 Å². The summed E-state index contributed by atoms with van der Waals surface area (Å²) >= 11 is 1.69. The highest BCUT2D eigenvalue weighted by molar-refractivity contribution is 7.09. The van der Waals surface area contributed by atoms with Crippen molar-refractivity contribution in [2.75, 3.05) is 7.05 Å². The Morgan fingerprint density at radius 1 is 1.41 bits per heavy atom. The molecule has 1 saturated carbocycles. The van der Waals surface area contributed by atoms with Crippen LogP contribution in [0.25, 0.3) is 0 Å². The molecule has 2 N–H and O–H groups in total. The number of carbonyl (C=O) groups is 1. The molecule has 0 spiro atoms. The first-order chi connectivity index (χ1) is 8.29. The third-order valence-electron chi connectivity index (χ3n) is 3.52. The lowest BCUT2D eigenvalue weighted by molar-refractivity contribution is -0.126. The first kappa shape index (κ1) is 12.6. The van der Waals surface area contributed by atoms with Gasteiger partial charge in [0.15, 0.2) is 0 Å². The molecular formula is C13H20N2OS. The largest absolute Gasteiger partial charge is 0.351 e. The highest BCUT2D eigenvalue weighted by atomic mass is 32.1. The fourth-order valence-electron chi connectivity index (χ4n) is 2.38. The Morgan fingerprint density at radius 2 is 2.18 bits per heavy atom. The minimum atomic E-state index is 0.222. The number of nitrogens with one attached hydrogen (secondary N) is 2. The summed E-state index contributed by atoms with van der Waals surface area (Å²) in [6, 6.07) is 4.68. The van der Waals surface area contributed by atoms with Crippen molar-refractivity contribution in [1.82, 2.24) is 10.6 Å². The van der Waals surface area contributed by atoms with E-state index in [1.165, 1.54) is 4.88 Å². The lowest BCUT2D eigenvalue weighted by Gasteiger charge is -2.27. The van der Waals surface area contributed by atoms with Crippen molar-refractivity contribution in [2.45, 2.75) is 38.3 Å². The van der Waals surface area contributed by atoms with Crippen molar-refractivity contribution >= 4 is 17.2 Å². The zero-order valence-corrected chi connectivity index (χ0v) is 11.1. The first-order valence-corrected chi connectivity index (χ1v) is 7.15. The summed E-state index contributed by atoms with van der Waals surface area (Å²) in [6.45, 7) is 0.683. The predicted octanol–water partition coefficient (Wildman–Crippen LogP) is 2.14. The molecule has 0 aromatic carbocycles. The van der Waals surface area contributed by atoms with Crippen LogP contribution in [0.1, 0.15) is 30.6 Å². The molecule has 2 rings (SSSR count). The number of hydrogen-bond donors (Lipinski definition) is 2. The van der Waals surface area contributed by atoms with Crippen LogP contribution in [0.4, 0.5) is 0 Å². The molecule has 1 aliphatic carbocycles. The highest BCUT2D eigenvalue weighted by Gasteiger charge is 2.25. The molecule has 1 aliphatic rings. The van der Waals surface area contributed by atoms with E-state index in [2.05, 4.69) is 16.7 Å². The van der Waals surface area contributed by atoms with Gasteiger partial charge in [0.2, 0.25) is 5.91 Å². The molecule has 94 valence electrons. The Morgan fingerprint density at radius 3 is 2.76 bits per heavy atom. The van der Waals surface area contributed by atoms with Crippen molar-refractivity contribution in [1.29, 1.82) is 0 Å². The van der Waals surface area contributed by atoms with Crippen LogP contribution in [0.15, 0.2) is 17.5 Å². The van der Waals surface area contributed by atoms with Gasteiger partial charge in [-0.25, -0.2) is 0 Å². The second kappa shape index (κ2) is 6.17. The molecule has 0 aliphatic heterocycles. The van der Waals surface area contributed by atoms with Crippen molar-refractivity contribution in [3.05, 3.63) is 22.4 Å². The number of carbonyl (C=O) groups excluding carboxylic acids is 1. The molecule has 0 unspecified atom stereocenters. The number of hydrogen-bond acceptors (Lipinski definition) is 3. The Labute approximate surface area is 107 Å². The average Bonchev–Trinajstić information content (AvgIpc) is 2.89. The van der Waals surface area contributed by atoms with E-state index >= 15 is 0 Å². The van der Waals surface area contributed by atoms with E-state index in [0.29, 0.717) is 12.6 Å². The maximum absolute atomic E-state index is 12.0. The lowest BCUT2D eigenvalue weighted by Crippen LogP contribution is -2.37. The first-order valence-electron chi connectivity index (χ1n) is 6.27. The van der Waals surface area contributed by atoms with Crippen LogP contribution in [0, 0.1) is 5.92 Å². The van der Waals surface area contributed by atoms with Gasteiger partial charge in [-0.1, -0.05) is 6.07 Å². The minimum Gasteiger partial charge on any atom is -0.351 e. The summed E-state index contributed by atoms with van der Waals surface area (Å²) in [5, 5.41) is 8.37. The van der Waals surface area contributed by atoms with Gasteiger partial charge in [-0.2, -0.15) is 0 Å². The van der Waals surface area contributed by atoms with E-state index in [0.717, 1.165) is 25.7 Å². The normalized spacial score (nSPS) is 24.5. The summed E-state index contributed by atoms with van der Waals surface area (Å²) in [6.07, 6.45) is 4.27. The number of amides is 1. The molecule has 3 nitrogen and oxygen atoms in total. The highest BCUT2D eigenvalue weighted by Crippen LogP contribution is 2.24. The van der Waals surface area contributed by atoms with E-state index in [9.17, 15) is 4.79 Å². The van der Waals surface area contributed by atoms with Crippen molar-refractivity contribution < 1.29 is 4.79 Å². The van der Waals surface area contributed by atoms with Crippen LogP contribution in [0.3, 0.4) is 0 Å². The summed E-state index contributed by atoms with van der Waals surface area (Å²) < 4.78 is 0. The number of thiophene rings is 1. The van der Waals surface area contributed by atoms with E-state index in [1.807, 2.05) is 18.5 Å². The van der Waals surface area contributed by atoms with Crippen LogP contribution in [0.5, 0.6) is 0 Å².